The normalized spacial score (nSPS) is 9.43. The molecule has 0 bridgehead atoms. The summed E-state index contributed by atoms with van der Waals surface area (Å²) in [4.78, 5) is 0. The van der Waals surface area contributed by atoms with E-state index in [0.717, 1.165) is 0 Å². The molecule has 0 atom stereocenters. The maximum atomic E-state index is 6.41. The smallest absolute Gasteiger partial charge is 0.0313 e. The average molecular weight is 99.1 g/mol. The molecule has 0 amide bonds. The standard InChI is InChI=1S/C4H9N3/c1-3-4-7(2)6-5/h3-5H,1-2H3/b4-3-,6-5?. The summed E-state index contributed by atoms with van der Waals surface area (Å²) in [6.45, 7) is 1.88. The third-order valence-electron chi connectivity index (χ3n) is 0.523. The van der Waals surface area contributed by atoms with Crippen LogP contribution in [0.3, 0.4) is 0 Å². The Morgan fingerprint density at radius 2 is 2.29 bits per heavy atom. The van der Waals surface area contributed by atoms with E-state index in [1.165, 1.54) is 5.01 Å². The van der Waals surface area contributed by atoms with Crippen molar-refractivity contribution >= 4 is 0 Å². The maximum Gasteiger partial charge on any atom is 0.0313 e. The fourth-order valence-corrected chi connectivity index (χ4v) is 0.249. The Bertz CT molecular complexity index is 77.0. The van der Waals surface area contributed by atoms with Crippen molar-refractivity contribution in [2.45, 2.75) is 6.92 Å². The third-order valence-corrected chi connectivity index (χ3v) is 0.523. The highest BCUT2D eigenvalue weighted by atomic mass is 15.5. The predicted molar refractivity (Wildman–Crippen MR) is 27.7 cm³/mol. The molecular weight excluding hydrogens is 90.1 g/mol. The van der Waals surface area contributed by atoms with Crippen LogP contribution >= 0.6 is 0 Å². The molecule has 1 N–H and O–H groups in total. The summed E-state index contributed by atoms with van der Waals surface area (Å²) < 4.78 is 0. The van der Waals surface area contributed by atoms with E-state index in [2.05, 4.69) is 5.22 Å². The Kier molecular flexibility index (Phi) is 2.92. The van der Waals surface area contributed by atoms with Crippen LogP contribution in [-0.2, 0) is 0 Å². The van der Waals surface area contributed by atoms with E-state index in [1.54, 1.807) is 13.2 Å². The second kappa shape index (κ2) is 3.33. The molecule has 0 fully saturated rings. The van der Waals surface area contributed by atoms with Crippen molar-refractivity contribution in [1.82, 2.24) is 5.01 Å². The van der Waals surface area contributed by atoms with Crippen LogP contribution in [0.25, 0.3) is 0 Å². The van der Waals surface area contributed by atoms with Gasteiger partial charge in [0, 0.05) is 13.2 Å². The molecule has 0 heterocycles. The van der Waals surface area contributed by atoms with E-state index in [9.17, 15) is 0 Å². The van der Waals surface area contributed by atoms with Gasteiger partial charge in [-0.1, -0.05) is 11.3 Å². The van der Waals surface area contributed by atoms with Gasteiger partial charge < -0.3 is 0 Å². The fraction of sp³-hybridized carbons (Fsp3) is 0.500. The second-order valence-corrected chi connectivity index (χ2v) is 1.16. The molecule has 40 valence electrons. The van der Waals surface area contributed by atoms with E-state index < -0.39 is 0 Å². The molecule has 0 unspecified atom stereocenters. The van der Waals surface area contributed by atoms with Crippen molar-refractivity contribution in [3.8, 4) is 0 Å². The maximum absolute atomic E-state index is 6.41. The van der Waals surface area contributed by atoms with E-state index in [1.807, 2.05) is 13.0 Å². The first kappa shape index (κ1) is 6.14. The summed E-state index contributed by atoms with van der Waals surface area (Å²) in [5, 5.41) is 4.49. The lowest BCUT2D eigenvalue weighted by Crippen LogP contribution is -1.96. The zero-order chi connectivity index (χ0) is 5.70. The van der Waals surface area contributed by atoms with E-state index in [4.69, 9.17) is 5.53 Å². The van der Waals surface area contributed by atoms with Gasteiger partial charge in [-0.2, -0.15) is 5.53 Å². The first-order valence-electron chi connectivity index (χ1n) is 2.04. The Labute approximate surface area is 43.1 Å². The zero-order valence-corrected chi connectivity index (χ0v) is 4.55. The Morgan fingerprint density at radius 1 is 1.71 bits per heavy atom. The minimum atomic E-state index is 1.42. The fourth-order valence-electron chi connectivity index (χ4n) is 0.249. The molecule has 0 aromatic rings. The SMILES string of the molecule is C/C=C\N(C)N=N. The molecule has 3 nitrogen and oxygen atoms in total. The van der Waals surface area contributed by atoms with Gasteiger partial charge >= 0.3 is 0 Å². The molecule has 0 saturated heterocycles. The van der Waals surface area contributed by atoms with Crippen molar-refractivity contribution in [2.24, 2.45) is 5.22 Å². The highest BCUT2D eigenvalue weighted by molar-refractivity contribution is 4.71. The molecule has 0 spiro atoms. The summed E-state index contributed by atoms with van der Waals surface area (Å²) in [6, 6.07) is 0. The first-order valence-corrected chi connectivity index (χ1v) is 2.04. The summed E-state index contributed by atoms with van der Waals surface area (Å²) in [5.41, 5.74) is 6.41. The van der Waals surface area contributed by atoms with Crippen LogP contribution in [0.1, 0.15) is 6.92 Å². The lowest BCUT2D eigenvalue weighted by atomic mass is 10.7. The summed E-state index contributed by atoms with van der Waals surface area (Å²) in [5.74, 6) is 0. The van der Waals surface area contributed by atoms with Gasteiger partial charge in [0.25, 0.3) is 0 Å². The molecule has 3 heteroatoms. The number of rotatable bonds is 2. The van der Waals surface area contributed by atoms with E-state index in [-0.39, 0.29) is 0 Å². The number of nitrogens with zero attached hydrogens (tertiary/aromatic N) is 2. The minimum Gasteiger partial charge on any atom is -0.258 e. The van der Waals surface area contributed by atoms with Crippen LogP contribution in [0.5, 0.6) is 0 Å². The number of nitrogens with one attached hydrogen (secondary N) is 1. The van der Waals surface area contributed by atoms with Crippen LogP contribution in [0.4, 0.5) is 0 Å². The van der Waals surface area contributed by atoms with Crippen LogP contribution in [0.2, 0.25) is 0 Å². The Balaban J connectivity index is 3.35. The van der Waals surface area contributed by atoms with Crippen LogP contribution < -0.4 is 0 Å². The van der Waals surface area contributed by atoms with E-state index in [0.29, 0.717) is 0 Å². The summed E-state index contributed by atoms with van der Waals surface area (Å²) in [6.07, 6.45) is 3.52. The number of allylic oxidation sites excluding steroid dienone is 1. The zero-order valence-electron chi connectivity index (χ0n) is 4.55. The molecule has 7 heavy (non-hydrogen) atoms. The van der Waals surface area contributed by atoms with Gasteiger partial charge in [-0.15, -0.1) is 0 Å². The molecule has 0 aliphatic rings. The lowest BCUT2D eigenvalue weighted by molar-refractivity contribution is 0.440. The molecule has 0 aliphatic heterocycles. The molecule has 0 rings (SSSR count). The van der Waals surface area contributed by atoms with Gasteiger partial charge in [0.05, 0.1) is 0 Å². The Morgan fingerprint density at radius 3 is 2.43 bits per heavy atom. The minimum absolute atomic E-state index is 1.42. The van der Waals surface area contributed by atoms with Crippen molar-refractivity contribution in [2.75, 3.05) is 7.05 Å². The van der Waals surface area contributed by atoms with Crippen molar-refractivity contribution < 1.29 is 0 Å². The first-order chi connectivity index (χ1) is 3.31. The van der Waals surface area contributed by atoms with Crippen molar-refractivity contribution in [1.29, 1.82) is 5.53 Å². The third kappa shape index (κ3) is 2.96. The molecule has 0 aromatic carbocycles. The topological polar surface area (TPSA) is 39.5 Å². The average Bonchev–Trinajstić information content (AvgIpc) is 1.68. The quantitative estimate of drug-likeness (QED) is 0.412. The number of hydrogen-bond acceptors (Lipinski definition) is 2. The van der Waals surface area contributed by atoms with Gasteiger partial charge in [-0.3, -0.25) is 5.01 Å². The van der Waals surface area contributed by atoms with Crippen LogP contribution in [0.15, 0.2) is 17.5 Å². The van der Waals surface area contributed by atoms with Gasteiger partial charge in [-0.25, -0.2) is 0 Å². The molecule has 0 radical (unpaired) electrons. The number of hydrogen-bond donors (Lipinski definition) is 1. The Hall–Kier alpha value is -0.860. The van der Waals surface area contributed by atoms with Gasteiger partial charge in [0.2, 0.25) is 0 Å². The van der Waals surface area contributed by atoms with Crippen molar-refractivity contribution in [3.05, 3.63) is 12.3 Å². The van der Waals surface area contributed by atoms with E-state index >= 15 is 0 Å². The molecule has 0 aromatic heterocycles. The molecule has 0 saturated carbocycles. The molecule has 0 aliphatic carbocycles. The lowest BCUT2D eigenvalue weighted by Gasteiger charge is -1.98. The van der Waals surface area contributed by atoms with Gasteiger partial charge in [0.1, 0.15) is 0 Å². The molecular formula is C4H9N3. The van der Waals surface area contributed by atoms with Gasteiger partial charge in [0.15, 0.2) is 0 Å². The van der Waals surface area contributed by atoms with Crippen LogP contribution in [0, 0.1) is 5.53 Å². The monoisotopic (exact) mass is 99.1 g/mol. The van der Waals surface area contributed by atoms with Gasteiger partial charge in [-0.05, 0) is 6.92 Å². The second-order valence-electron chi connectivity index (χ2n) is 1.16. The van der Waals surface area contributed by atoms with Crippen molar-refractivity contribution in [3.63, 3.8) is 0 Å². The van der Waals surface area contributed by atoms with Crippen LogP contribution in [-0.4, -0.2) is 12.1 Å². The largest absolute Gasteiger partial charge is 0.258 e. The predicted octanol–water partition coefficient (Wildman–Crippen LogP) is 1.40. The highest BCUT2D eigenvalue weighted by Crippen LogP contribution is 1.80. The summed E-state index contributed by atoms with van der Waals surface area (Å²) >= 11 is 0. The highest BCUT2D eigenvalue weighted by Gasteiger charge is 1.74. The summed E-state index contributed by atoms with van der Waals surface area (Å²) in [7, 11) is 1.70.